The van der Waals surface area contributed by atoms with Gasteiger partial charge in [-0.15, -0.1) is 0 Å². The van der Waals surface area contributed by atoms with Gasteiger partial charge in [-0.2, -0.15) is 5.10 Å². The second kappa shape index (κ2) is 6.72. The zero-order valence-electron chi connectivity index (χ0n) is 15.5. The zero-order chi connectivity index (χ0) is 19.0. The van der Waals surface area contributed by atoms with Crippen molar-refractivity contribution >= 4 is 22.6 Å². The maximum Gasteiger partial charge on any atom is 0.259 e. The van der Waals surface area contributed by atoms with Gasteiger partial charge < -0.3 is 9.32 Å². The van der Waals surface area contributed by atoms with Crippen LogP contribution in [0, 0.1) is 13.8 Å². The maximum absolute atomic E-state index is 13.6. The topological polar surface area (TPSA) is 64.2 Å². The number of aromatic nitrogens is 3. The number of carbonyl (C=O) groups excluding carboxylic acids is 1. The molecule has 3 heterocycles. The van der Waals surface area contributed by atoms with Crippen LogP contribution in [-0.4, -0.2) is 20.7 Å². The fourth-order valence-electron chi connectivity index (χ4n) is 3.33. The van der Waals surface area contributed by atoms with Crippen molar-refractivity contribution in [3.8, 4) is 0 Å². The van der Waals surface area contributed by atoms with E-state index in [2.05, 4.69) is 10.1 Å². The number of para-hydroxylation sites is 1. The lowest BCUT2D eigenvalue weighted by molar-refractivity contribution is 0.0984. The van der Waals surface area contributed by atoms with Gasteiger partial charge in [0.2, 0.25) is 0 Å². The van der Waals surface area contributed by atoms with Crippen molar-refractivity contribution in [1.29, 1.82) is 0 Å². The number of hydrogen-bond donors (Lipinski definition) is 0. The predicted molar refractivity (Wildman–Crippen MR) is 104 cm³/mol. The molecule has 0 spiro atoms. The van der Waals surface area contributed by atoms with E-state index in [9.17, 15) is 4.79 Å². The zero-order valence-corrected chi connectivity index (χ0v) is 15.5. The molecule has 0 unspecified atom stereocenters. The van der Waals surface area contributed by atoms with Crippen LogP contribution >= 0.6 is 0 Å². The fraction of sp³-hybridized carbons (Fsp3) is 0.190. The highest BCUT2D eigenvalue weighted by Gasteiger charge is 2.24. The van der Waals surface area contributed by atoms with Crippen LogP contribution in [0.2, 0.25) is 0 Å². The first-order valence-corrected chi connectivity index (χ1v) is 8.75. The molecule has 1 amide bonds. The molecule has 0 radical (unpaired) electrons. The minimum absolute atomic E-state index is 0.107. The Morgan fingerprint density at radius 2 is 1.93 bits per heavy atom. The highest BCUT2D eigenvalue weighted by atomic mass is 16.3. The molecule has 6 nitrogen and oxygen atoms in total. The fourth-order valence-corrected chi connectivity index (χ4v) is 3.33. The van der Waals surface area contributed by atoms with E-state index in [4.69, 9.17) is 4.42 Å². The van der Waals surface area contributed by atoms with Gasteiger partial charge in [-0.05, 0) is 44.2 Å². The van der Waals surface area contributed by atoms with Crippen molar-refractivity contribution in [3.63, 3.8) is 0 Å². The van der Waals surface area contributed by atoms with Crippen molar-refractivity contribution in [2.24, 2.45) is 7.05 Å². The molecular weight excluding hydrogens is 340 g/mol. The van der Waals surface area contributed by atoms with Crippen LogP contribution in [0.3, 0.4) is 0 Å². The lowest BCUT2D eigenvalue weighted by atomic mass is 10.1. The van der Waals surface area contributed by atoms with E-state index in [-0.39, 0.29) is 5.91 Å². The Hall–Kier alpha value is -3.41. The molecule has 0 N–H and O–H groups in total. The van der Waals surface area contributed by atoms with Gasteiger partial charge in [0, 0.05) is 18.4 Å². The van der Waals surface area contributed by atoms with Crippen LogP contribution in [0.25, 0.3) is 11.0 Å². The van der Waals surface area contributed by atoms with E-state index >= 15 is 0 Å². The minimum Gasteiger partial charge on any atom is -0.467 e. The van der Waals surface area contributed by atoms with Crippen LogP contribution in [0.1, 0.15) is 27.5 Å². The van der Waals surface area contributed by atoms with E-state index < -0.39 is 0 Å². The molecule has 1 aromatic carbocycles. The van der Waals surface area contributed by atoms with Crippen LogP contribution in [0.15, 0.2) is 59.2 Å². The SMILES string of the molecule is Cc1cc(C(=O)N(Cc2ccco2)c2ccccc2)c2c(C)nn(C)c2n1. The number of benzene rings is 1. The smallest absolute Gasteiger partial charge is 0.259 e. The summed E-state index contributed by atoms with van der Waals surface area (Å²) in [6.45, 7) is 4.13. The number of furan rings is 1. The van der Waals surface area contributed by atoms with Gasteiger partial charge in [-0.25, -0.2) is 4.98 Å². The number of rotatable bonds is 4. The summed E-state index contributed by atoms with van der Waals surface area (Å²) >= 11 is 0. The van der Waals surface area contributed by atoms with E-state index in [0.717, 1.165) is 28.2 Å². The van der Waals surface area contributed by atoms with Gasteiger partial charge in [0.1, 0.15) is 5.76 Å². The number of hydrogen-bond acceptors (Lipinski definition) is 4. The summed E-state index contributed by atoms with van der Waals surface area (Å²) in [7, 11) is 1.84. The first kappa shape index (κ1) is 17.0. The maximum atomic E-state index is 13.6. The third-order valence-electron chi connectivity index (χ3n) is 4.53. The number of pyridine rings is 1. The first-order chi connectivity index (χ1) is 13.0. The molecule has 0 atom stereocenters. The molecule has 0 saturated carbocycles. The van der Waals surface area contributed by atoms with E-state index in [1.54, 1.807) is 15.8 Å². The van der Waals surface area contributed by atoms with Gasteiger partial charge in [-0.3, -0.25) is 9.48 Å². The van der Waals surface area contributed by atoms with Crippen molar-refractivity contribution in [2.45, 2.75) is 20.4 Å². The number of fused-ring (bicyclic) bond motifs is 1. The minimum atomic E-state index is -0.107. The Kier molecular flexibility index (Phi) is 4.24. The first-order valence-electron chi connectivity index (χ1n) is 8.75. The molecule has 6 heteroatoms. The number of amides is 1. The monoisotopic (exact) mass is 360 g/mol. The molecule has 0 aliphatic heterocycles. The summed E-state index contributed by atoms with van der Waals surface area (Å²) in [5.41, 5.74) is 3.68. The average molecular weight is 360 g/mol. The third kappa shape index (κ3) is 3.10. The number of anilines is 1. The van der Waals surface area contributed by atoms with Gasteiger partial charge in [0.25, 0.3) is 5.91 Å². The second-order valence-corrected chi connectivity index (χ2v) is 6.53. The van der Waals surface area contributed by atoms with Gasteiger partial charge in [-0.1, -0.05) is 18.2 Å². The summed E-state index contributed by atoms with van der Waals surface area (Å²) in [5.74, 6) is 0.612. The third-order valence-corrected chi connectivity index (χ3v) is 4.53. The average Bonchev–Trinajstić information content (AvgIpc) is 3.27. The van der Waals surface area contributed by atoms with E-state index in [0.29, 0.717) is 17.8 Å². The molecule has 136 valence electrons. The van der Waals surface area contributed by atoms with Crippen LogP contribution in [0.5, 0.6) is 0 Å². The Morgan fingerprint density at radius 3 is 2.63 bits per heavy atom. The molecule has 0 fully saturated rings. The molecule has 0 aliphatic rings. The normalized spacial score (nSPS) is 11.1. The molecule has 0 saturated heterocycles. The Labute approximate surface area is 157 Å². The molecule has 3 aromatic heterocycles. The lowest BCUT2D eigenvalue weighted by Gasteiger charge is -2.22. The summed E-state index contributed by atoms with van der Waals surface area (Å²) in [6, 6.07) is 15.1. The summed E-state index contributed by atoms with van der Waals surface area (Å²) in [4.78, 5) is 19.9. The largest absolute Gasteiger partial charge is 0.467 e. The lowest BCUT2D eigenvalue weighted by Crippen LogP contribution is -2.30. The highest BCUT2D eigenvalue weighted by molar-refractivity contribution is 6.13. The molecule has 4 rings (SSSR count). The Bertz CT molecular complexity index is 1100. The molecule has 27 heavy (non-hydrogen) atoms. The second-order valence-electron chi connectivity index (χ2n) is 6.53. The summed E-state index contributed by atoms with van der Waals surface area (Å²) in [6.07, 6.45) is 1.61. The van der Waals surface area contributed by atoms with Gasteiger partial charge in [0.05, 0.1) is 29.5 Å². The van der Waals surface area contributed by atoms with Crippen LogP contribution in [0.4, 0.5) is 5.69 Å². The highest BCUT2D eigenvalue weighted by Crippen LogP contribution is 2.26. The summed E-state index contributed by atoms with van der Waals surface area (Å²) in [5, 5.41) is 5.23. The standard InChI is InChI=1S/C21H20N4O2/c1-14-12-18(19-15(2)23-24(3)20(19)22-14)21(26)25(13-17-10-7-11-27-17)16-8-5-4-6-9-16/h4-12H,13H2,1-3H3. The number of carbonyl (C=O) groups is 1. The Morgan fingerprint density at radius 1 is 1.15 bits per heavy atom. The van der Waals surface area contributed by atoms with E-state index in [1.165, 1.54) is 0 Å². The molecule has 4 aromatic rings. The van der Waals surface area contributed by atoms with Crippen LogP contribution in [-0.2, 0) is 13.6 Å². The molecular formula is C21H20N4O2. The Balaban J connectivity index is 1.86. The van der Waals surface area contributed by atoms with Crippen LogP contribution < -0.4 is 4.90 Å². The molecule has 0 aliphatic carbocycles. The quantitative estimate of drug-likeness (QED) is 0.551. The van der Waals surface area contributed by atoms with Crippen molar-refractivity contribution in [2.75, 3.05) is 4.90 Å². The van der Waals surface area contributed by atoms with Crippen molar-refractivity contribution in [3.05, 3.63) is 77.5 Å². The van der Waals surface area contributed by atoms with Gasteiger partial charge in [0.15, 0.2) is 5.65 Å². The van der Waals surface area contributed by atoms with Gasteiger partial charge >= 0.3 is 0 Å². The van der Waals surface area contributed by atoms with E-state index in [1.807, 2.05) is 69.4 Å². The van der Waals surface area contributed by atoms with Crippen molar-refractivity contribution in [1.82, 2.24) is 14.8 Å². The van der Waals surface area contributed by atoms with Crippen molar-refractivity contribution < 1.29 is 9.21 Å². The number of aryl methyl sites for hydroxylation is 3. The molecule has 0 bridgehead atoms. The summed E-state index contributed by atoms with van der Waals surface area (Å²) < 4.78 is 7.20. The number of nitrogens with zero attached hydrogens (tertiary/aromatic N) is 4. The predicted octanol–water partition coefficient (Wildman–Crippen LogP) is 4.03.